The third kappa shape index (κ3) is 4.47. The fourth-order valence-corrected chi connectivity index (χ4v) is 4.74. The fourth-order valence-electron chi connectivity index (χ4n) is 3.88. The highest BCUT2D eigenvalue weighted by Gasteiger charge is 2.41. The largest absolute Gasteiger partial charge is 0.337 e. The highest BCUT2D eigenvalue weighted by Crippen LogP contribution is 2.38. The van der Waals surface area contributed by atoms with E-state index >= 15 is 0 Å². The summed E-state index contributed by atoms with van der Waals surface area (Å²) in [4.78, 5) is 15.3. The van der Waals surface area contributed by atoms with E-state index in [1.54, 1.807) is 0 Å². The molecule has 1 amide bonds. The second-order valence-corrected chi connectivity index (χ2v) is 7.92. The van der Waals surface area contributed by atoms with Crippen LogP contribution in [0.1, 0.15) is 84.0 Å². The van der Waals surface area contributed by atoms with Crippen molar-refractivity contribution >= 4 is 21.8 Å². The minimum absolute atomic E-state index is 0.436. The van der Waals surface area contributed by atoms with Gasteiger partial charge in [-0.05, 0) is 32.1 Å². The number of halogens is 1. The minimum atomic E-state index is 0.436. The van der Waals surface area contributed by atoms with Crippen LogP contribution in [0.2, 0.25) is 0 Å². The maximum absolute atomic E-state index is 12.4. The number of rotatable bonds is 8. The van der Waals surface area contributed by atoms with Gasteiger partial charge in [0.15, 0.2) is 0 Å². The molecule has 0 N–H and O–H groups in total. The van der Waals surface area contributed by atoms with Crippen molar-refractivity contribution in [2.45, 2.75) is 101 Å². The summed E-state index contributed by atoms with van der Waals surface area (Å²) in [5, 5.41) is 0. The molecule has 3 heteroatoms. The number of nitrogens with zero attached hydrogens (tertiary/aromatic N) is 1. The normalized spacial score (nSPS) is 28.9. The van der Waals surface area contributed by atoms with Crippen molar-refractivity contribution in [1.29, 1.82) is 0 Å². The SMILES string of the molecule is CCCCCCCCCC(=O)N1C2CCC1CC(Br)C2. The Morgan fingerprint density at radius 1 is 1.00 bits per heavy atom. The molecule has 2 atom stereocenters. The topological polar surface area (TPSA) is 20.3 Å². The summed E-state index contributed by atoms with van der Waals surface area (Å²) in [6, 6.07) is 1.07. The van der Waals surface area contributed by atoms with Crippen molar-refractivity contribution in [3.63, 3.8) is 0 Å². The van der Waals surface area contributed by atoms with Gasteiger partial charge in [0.05, 0.1) is 0 Å². The summed E-state index contributed by atoms with van der Waals surface area (Å²) >= 11 is 3.74. The Morgan fingerprint density at radius 3 is 2.15 bits per heavy atom. The van der Waals surface area contributed by atoms with E-state index in [4.69, 9.17) is 0 Å². The molecule has 2 heterocycles. The lowest BCUT2D eigenvalue weighted by molar-refractivity contribution is -0.135. The molecule has 116 valence electrons. The van der Waals surface area contributed by atoms with E-state index in [0.717, 1.165) is 12.8 Å². The van der Waals surface area contributed by atoms with E-state index < -0.39 is 0 Å². The first-order valence-electron chi connectivity index (χ1n) is 8.67. The molecule has 0 aliphatic carbocycles. The first-order valence-corrected chi connectivity index (χ1v) is 9.59. The summed E-state index contributed by atoms with van der Waals surface area (Å²) in [5.41, 5.74) is 0. The summed E-state index contributed by atoms with van der Waals surface area (Å²) in [5.74, 6) is 0.436. The maximum atomic E-state index is 12.4. The molecule has 0 aromatic heterocycles. The highest BCUT2D eigenvalue weighted by atomic mass is 79.9. The molecule has 2 bridgehead atoms. The third-order valence-electron chi connectivity index (χ3n) is 4.96. The van der Waals surface area contributed by atoms with Gasteiger partial charge in [-0.25, -0.2) is 0 Å². The highest BCUT2D eigenvalue weighted by molar-refractivity contribution is 9.09. The molecular formula is C17H30BrNO. The van der Waals surface area contributed by atoms with E-state index in [-0.39, 0.29) is 0 Å². The van der Waals surface area contributed by atoms with Crippen LogP contribution in [-0.4, -0.2) is 27.7 Å². The molecule has 0 aromatic carbocycles. The standard InChI is InChI=1S/C17H30BrNO/c1-2-3-4-5-6-7-8-9-17(20)19-15-10-11-16(19)13-14(18)12-15/h14-16H,2-13H2,1H3. The summed E-state index contributed by atoms with van der Waals surface area (Å²) in [6.07, 6.45) is 14.6. The van der Waals surface area contributed by atoms with E-state index in [0.29, 0.717) is 22.8 Å². The van der Waals surface area contributed by atoms with Crippen molar-refractivity contribution in [2.24, 2.45) is 0 Å². The van der Waals surface area contributed by atoms with Gasteiger partial charge in [-0.2, -0.15) is 0 Å². The van der Waals surface area contributed by atoms with Crippen LogP contribution in [-0.2, 0) is 4.79 Å². The van der Waals surface area contributed by atoms with Crippen LogP contribution in [0.15, 0.2) is 0 Å². The number of carbonyl (C=O) groups is 1. The van der Waals surface area contributed by atoms with Gasteiger partial charge >= 0.3 is 0 Å². The number of hydrogen-bond acceptors (Lipinski definition) is 1. The molecule has 2 nitrogen and oxygen atoms in total. The number of unbranched alkanes of at least 4 members (excludes halogenated alkanes) is 6. The van der Waals surface area contributed by atoms with Gasteiger partial charge < -0.3 is 4.90 Å². The van der Waals surface area contributed by atoms with Gasteiger partial charge in [0.1, 0.15) is 0 Å². The number of alkyl halides is 1. The van der Waals surface area contributed by atoms with Gasteiger partial charge in [0, 0.05) is 23.3 Å². The molecule has 2 rings (SSSR count). The molecule has 0 radical (unpaired) electrons. The monoisotopic (exact) mass is 343 g/mol. The predicted molar refractivity (Wildman–Crippen MR) is 88.2 cm³/mol. The average molecular weight is 344 g/mol. The number of hydrogen-bond donors (Lipinski definition) is 0. The van der Waals surface area contributed by atoms with Crippen molar-refractivity contribution in [2.75, 3.05) is 0 Å². The summed E-state index contributed by atoms with van der Waals surface area (Å²) < 4.78 is 0. The second-order valence-electron chi connectivity index (χ2n) is 6.63. The van der Waals surface area contributed by atoms with Crippen molar-refractivity contribution in [3.05, 3.63) is 0 Å². The lowest BCUT2D eigenvalue weighted by Crippen LogP contribution is -2.46. The molecule has 2 aliphatic heterocycles. The number of fused-ring (bicyclic) bond motifs is 2. The van der Waals surface area contributed by atoms with Crippen molar-refractivity contribution in [1.82, 2.24) is 4.90 Å². The zero-order chi connectivity index (χ0) is 14.4. The van der Waals surface area contributed by atoms with Crippen LogP contribution < -0.4 is 0 Å². The zero-order valence-corrected chi connectivity index (χ0v) is 14.5. The Morgan fingerprint density at radius 2 is 1.55 bits per heavy atom. The van der Waals surface area contributed by atoms with Crippen LogP contribution in [0.5, 0.6) is 0 Å². The lowest BCUT2D eigenvalue weighted by atomic mass is 10.0. The van der Waals surface area contributed by atoms with Crippen molar-refractivity contribution in [3.8, 4) is 0 Å². The first-order chi connectivity index (χ1) is 9.72. The predicted octanol–water partition coefficient (Wildman–Crippen LogP) is 5.04. The number of carbonyl (C=O) groups excluding carboxylic acids is 1. The minimum Gasteiger partial charge on any atom is -0.337 e. The van der Waals surface area contributed by atoms with E-state index in [1.807, 2.05) is 0 Å². The molecule has 2 unspecified atom stereocenters. The molecule has 0 aromatic rings. The van der Waals surface area contributed by atoms with Crippen molar-refractivity contribution < 1.29 is 4.79 Å². The Bertz CT molecular complexity index is 293. The Kier molecular flexibility index (Phi) is 6.86. The van der Waals surface area contributed by atoms with Gasteiger partial charge in [-0.1, -0.05) is 61.4 Å². The van der Waals surface area contributed by atoms with Crippen LogP contribution >= 0.6 is 15.9 Å². The quantitative estimate of drug-likeness (QED) is 0.446. The summed E-state index contributed by atoms with van der Waals surface area (Å²) in [7, 11) is 0. The lowest BCUT2D eigenvalue weighted by Gasteiger charge is -2.37. The van der Waals surface area contributed by atoms with E-state index in [1.165, 1.54) is 64.2 Å². The van der Waals surface area contributed by atoms with Gasteiger partial charge in [-0.3, -0.25) is 4.79 Å². The van der Waals surface area contributed by atoms with E-state index in [2.05, 4.69) is 27.8 Å². The Balaban J connectivity index is 1.61. The molecule has 2 saturated heterocycles. The van der Waals surface area contributed by atoms with Crippen LogP contribution in [0, 0.1) is 0 Å². The van der Waals surface area contributed by atoms with Gasteiger partial charge in [-0.15, -0.1) is 0 Å². The average Bonchev–Trinajstić information content (AvgIpc) is 2.70. The zero-order valence-electron chi connectivity index (χ0n) is 13.0. The second kappa shape index (κ2) is 8.41. The Hall–Kier alpha value is -0.0500. The molecular weight excluding hydrogens is 314 g/mol. The van der Waals surface area contributed by atoms with Gasteiger partial charge in [0.25, 0.3) is 0 Å². The number of amides is 1. The molecule has 20 heavy (non-hydrogen) atoms. The Labute approximate surface area is 132 Å². The van der Waals surface area contributed by atoms with Crippen LogP contribution in [0.3, 0.4) is 0 Å². The maximum Gasteiger partial charge on any atom is 0.223 e. The molecule has 0 spiro atoms. The smallest absolute Gasteiger partial charge is 0.223 e. The molecule has 0 saturated carbocycles. The molecule has 2 aliphatic rings. The third-order valence-corrected chi connectivity index (χ3v) is 5.71. The fraction of sp³-hybridized carbons (Fsp3) is 0.941. The summed E-state index contributed by atoms with van der Waals surface area (Å²) in [6.45, 7) is 2.25. The molecule has 2 fully saturated rings. The van der Waals surface area contributed by atoms with Gasteiger partial charge in [0.2, 0.25) is 5.91 Å². The van der Waals surface area contributed by atoms with Crippen LogP contribution in [0.4, 0.5) is 0 Å². The van der Waals surface area contributed by atoms with Crippen LogP contribution in [0.25, 0.3) is 0 Å². The first kappa shape index (κ1) is 16.3. The number of piperidine rings is 1. The van der Waals surface area contributed by atoms with E-state index in [9.17, 15) is 4.79 Å².